The molecule has 0 aliphatic carbocycles. The predicted octanol–water partition coefficient (Wildman–Crippen LogP) is 3.38. The molecule has 0 spiro atoms. The fourth-order valence-corrected chi connectivity index (χ4v) is 5.56. The van der Waals surface area contributed by atoms with Gasteiger partial charge in [-0.1, -0.05) is 30.3 Å². The molecule has 2 aromatic rings. The van der Waals surface area contributed by atoms with Crippen LogP contribution in [-0.4, -0.2) is 42.6 Å². The number of nitrogens with zero attached hydrogens (tertiary/aromatic N) is 1. The van der Waals surface area contributed by atoms with Gasteiger partial charge in [-0.15, -0.1) is 0 Å². The van der Waals surface area contributed by atoms with Crippen molar-refractivity contribution < 1.29 is 19.3 Å². The second-order valence-electron chi connectivity index (χ2n) is 8.34. The zero-order valence-corrected chi connectivity index (χ0v) is 16.3. The molecule has 3 aliphatic rings. The van der Waals surface area contributed by atoms with E-state index in [1.165, 1.54) is 17.5 Å². The Labute approximate surface area is 165 Å². The van der Waals surface area contributed by atoms with Crippen LogP contribution in [0.25, 0.3) is 0 Å². The van der Waals surface area contributed by atoms with Crippen molar-refractivity contribution in [3.05, 3.63) is 53.6 Å². The molecule has 28 heavy (non-hydrogen) atoms. The molecular formula is C23H27NO4. The lowest BCUT2D eigenvalue weighted by atomic mass is 9.70. The number of aliphatic hydroxyl groups is 1. The molecule has 2 fully saturated rings. The number of aliphatic hydroxyl groups excluding tert-OH is 1. The average molecular weight is 381 g/mol. The van der Waals surface area contributed by atoms with Gasteiger partial charge in [0.15, 0.2) is 11.5 Å². The molecule has 5 rings (SSSR count). The van der Waals surface area contributed by atoms with Crippen molar-refractivity contribution >= 4 is 0 Å². The minimum absolute atomic E-state index is 0.0509. The first-order valence-electron chi connectivity index (χ1n) is 10.1. The molecule has 3 heterocycles. The van der Waals surface area contributed by atoms with Gasteiger partial charge in [-0.25, -0.2) is 0 Å². The number of ether oxygens (including phenoxy) is 3. The van der Waals surface area contributed by atoms with Crippen LogP contribution in [0.2, 0.25) is 0 Å². The maximum absolute atomic E-state index is 10.4. The SMILES string of the molecule is COc1cc(CN2[C@H]3CC[C@@H]2[C@@](CO)(Cc2ccccc2)C3)cc2c1OCO2. The van der Waals surface area contributed by atoms with Crippen LogP contribution < -0.4 is 14.2 Å². The van der Waals surface area contributed by atoms with Crippen molar-refractivity contribution in [1.82, 2.24) is 4.90 Å². The molecule has 2 bridgehead atoms. The van der Waals surface area contributed by atoms with E-state index in [0.717, 1.165) is 37.3 Å². The Kier molecular flexibility index (Phi) is 4.44. The van der Waals surface area contributed by atoms with E-state index in [1.54, 1.807) is 7.11 Å². The Morgan fingerprint density at radius 3 is 2.79 bits per heavy atom. The standard InChI is InChI=1S/C23H27NO4/c1-26-19-9-17(10-20-22(19)28-15-27-20)13-24-18-7-8-21(24)23(12-18,14-25)11-16-5-3-2-4-6-16/h2-6,9-10,18,21,25H,7-8,11-15H2,1H3/t18-,21+,23-/m0/s1. The minimum atomic E-state index is -0.0509. The molecule has 0 aromatic heterocycles. The van der Waals surface area contributed by atoms with Crippen LogP contribution in [-0.2, 0) is 13.0 Å². The van der Waals surface area contributed by atoms with Gasteiger partial charge in [-0.2, -0.15) is 0 Å². The summed E-state index contributed by atoms with van der Waals surface area (Å²) < 4.78 is 16.6. The average Bonchev–Trinajstić information content (AvgIpc) is 3.42. The van der Waals surface area contributed by atoms with E-state index in [0.29, 0.717) is 17.8 Å². The van der Waals surface area contributed by atoms with Crippen LogP contribution in [0.5, 0.6) is 17.2 Å². The second kappa shape index (κ2) is 6.98. The van der Waals surface area contributed by atoms with Crippen molar-refractivity contribution in [3.63, 3.8) is 0 Å². The van der Waals surface area contributed by atoms with Gasteiger partial charge in [0.25, 0.3) is 0 Å². The fourth-order valence-electron chi connectivity index (χ4n) is 5.56. The Hall–Kier alpha value is -2.24. The summed E-state index contributed by atoms with van der Waals surface area (Å²) in [6, 6.07) is 15.6. The number of methoxy groups -OCH3 is 1. The highest BCUT2D eigenvalue weighted by atomic mass is 16.7. The van der Waals surface area contributed by atoms with E-state index in [-0.39, 0.29) is 18.8 Å². The van der Waals surface area contributed by atoms with Crippen LogP contribution in [0.1, 0.15) is 30.4 Å². The summed E-state index contributed by atoms with van der Waals surface area (Å²) in [5.74, 6) is 2.19. The summed E-state index contributed by atoms with van der Waals surface area (Å²) in [6.45, 7) is 1.33. The van der Waals surface area contributed by atoms with Crippen molar-refractivity contribution in [2.75, 3.05) is 20.5 Å². The molecule has 1 N–H and O–H groups in total. The van der Waals surface area contributed by atoms with Gasteiger partial charge in [0.05, 0.1) is 13.7 Å². The van der Waals surface area contributed by atoms with Crippen LogP contribution in [0.15, 0.2) is 42.5 Å². The molecule has 5 heteroatoms. The Balaban J connectivity index is 1.40. The van der Waals surface area contributed by atoms with Crippen LogP contribution in [0, 0.1) is 5.41 Å². The van der Waals surface area contributed by atoms with Gasteiger partial charge in [0, 0.05) is 24.0 Å². The van der Waals surface area contributed by atoms with Gasteiger partial charge in [-0.05, 0) is 48.9 Å². The molecule has 2 aromatic carbocycles. The number of hydrogen-bond donors (Lipinski definition) is 1. The van der Waals surface area contributed by atoms with Crippen molar-refractivity contribution in [3.8, 4) is 17.2 Å². The zero-order chi connectivity index (χ0) is 19.1. The number of rotatable bonds is 6. The van der Waals surface area contributed by atoms with Crippen molar-refractivity contribution in [2.24, 2.45) is 5.41 Å². The summed E-state index contributed by atoms with van der Waals surface area (Å²) in [5.41, 5.74) is 2.44. The van der Waals surface area contributed by atoms with Gasteiger partial charge in [-0.3, -0.25) is 4.90 Å². The summed E-state index contributed by atoms with van der Waals surface area (Å²) in [6.07, 6.45) is 4.36. The Bertz CT molecular complexity index is 855. The normalized spacial score (nSPS) is 28.1. The van der Waals surface area contributed by atoms with Crippen LogP contribution in [0.3, 0.4) is 0 Å². The summed E-state index contributed by atoms with van der Waals surface area (Å²) in [5, 5.41) is 10.4. The van der Waals surface area contributed by atoms with E-state index < -0.39 is 0 Å². The lowest BCUT2D eigenvalue weighted by Crippen LogP contribution is -2.41. The van der Waals surface area contributed by atoms with E-state index in [1.807, 2.05) is 0 Å². The minimum Gasteiger partial charge on any atom is -0.493 e. The molecule has 2 saturated heterocycles. The molecule has 5 nitrogen and oxygen atoms in total. The van der Waals surface area contributed by atoms with Gasteiger partial charge in [0.2, 0.25) is 12.5 Å². The first kappa shape index (κ1) is 17.8. The lowest BCUT2D eigenvalue weighted by molar-refractivity contribution is 0.0750. The van der Waals surface area contributed by atoms with Gasteiger partial charge in [0.1, 0.15) is 0 Å². The zero-order valence-electron chi connectivity index (χ0n) is 16.3. The largest absolute Gasteiger partial charge is 0.493 e. The topological polar surface area (TPSA) is 51.2 Å². The highest BCUT2D eigenvalue weighted by Crippen LogP contribution is 2.52. The van der Waals surface area contributed by atoms with Crippen molar-refractivity contribution in [2.45, 2.75) is 44.3 Å². The summed E-state index contributed by atoms with van der Waals surface area (Å²) in [4.78, 5) is 2.59. The van der Waals surface area contributed by atoms with Crippen molar-refractivity contribution in [1.29, 1.82) is 0 Å². The third kappa shape index (κ3) is 2.85. The Morgan fingerprint density at radius 1 is 1.14 bits per heavy atom. The number of hydrogen-bond acceptors (Lipinski definition) is 5. The molecule has 0 amide bonds. The van der Waals surface area contributed by atoms with Gasteiger partial charge >= 0.3 is 0 Å². The van der Waals surface area contributed by atoms with E-state index in [2.05, 4.69) is 47.4 Å². The quantitative estimate of drug-likeness (QED) is 0.831. The molecule has 3 aliphatic heterocycles. The fraction of sp³-hybridized carbons (Fsp3) is 0.478. The number of benzene rings is 2. The molecule has 0 radical (unpaired) electrons. The highest BCUT2D eigenvalue weighted by molar-refractivity contribution is 5.55. The van der Waals surface area contributed by atoms with E-state index >= 15 is 0 Å². The summed E-state index contributed by atoms with van der Waals surface area (Å²) in [7, 11) is 1.66. The first-order valence-corrected chi connectivity index (χ1v) is 10.1. The maximum Gasteiger partial charge on any atom is 0.231 e. The molecule has 0 unspecified atom stereocenters. The van der Waals surface area contributed by atoms with E-state index in [9.17, 15) is 5.11 Å². The highest BCUT2D eigenvalue weighted by Gasteiger charge is 2.55. The molecule has 0 saturated carbocycles. The smallest absolute Gasteiger partial charge is 0.231 e. The molecule has 148 valence electrons. The summed E-state index contributed by atoms with van der Waals surface area (Å²) >= 11 is 0. The van der Waals surface area contributed by atoms with Gasteiger partial charge < -0.3 is 19.3 Å². The Morgan fingerprint density at radius 2 is 2.00 bits per heavy atom. The molecular weight excluding hydrogens is 354 g/mol. The van der Waals surface area contributed by atoms with Crippen LogP contribution in [0.4, 0.5) is 0 Å². The second-order valence-corrected chi connectivity index (χ2v) is 8.34. The van der Waals surface area contributed by atoms with Crippen LogP contribution >= 0.6 is 0 Å². The van der Waals surface area contributed by atoms with E-state index in [4.69, 9.17) is 14.2 Å². The lowest BCUT2D eigenvalue weighted by Gasteiger charge is -2.36. The maximum atomic E-state index is 10.4. The molecule has 3 atom stereocenters. The number of fused-ring (bicyclic) bond motifs is 3. The predicted molar refractivity (Wildman–Crippen MR) is 106 cm³/mol. The first-order chi connectivity index (χ1) is 13.7. The third-order valence-electron chi connectivity index (χ3n) is 6.79. The third-order valence-corrected chi connectivity index (χ3v) is 6.79. The monoisotopic (exact) mass is 381 g/mol.